The molecule has 2 rings (SSSR count). The molecule has 0 spiro atoms. The first-order valence-corrected chi connectivity index (χ1v) is 13.2. The molecule has 11 heteroatoms. The summed E-state index contributed by atoms with van der Waals surface area (Å²) in [4.78, 5) is 28.3. The van der Waals surface area contributed by atoms with Crippen LogP contribution in [0.2, 0.25) is 5.02 Å². The van der Waals surface area contributed by atoms with Crippen LogP contribution < -0.4 is 9.62 Å². The monoisotopic (exact) mass is 540 g/mol. The van der Waals surface area contributed by atoms with Crippen molar-refractivity contribution in [2.75, 3.05) is 24.9 Å². The Hall–Kier alpha value is -2.69. The average Bonchev–Trinajstić information content (AvgIpc) is 2.77. The van der Waals surface area contributed by atoms with Gasteiger partial charge in [-0.3, -0.25) is 9.59 Å². The van der Waals surface area contributed by atoms with Crippen LogP contribution in [-0.4, -0.2) is 61.7 Å². The van der Waals surface area contributed by atoms with Gasteiger partial charge < -0.3 is 10.2 Å². The molecule has 0 heterocycles. The Kier molecular flexibility index (Phi) is 9.87. The molecule has 0 aliphatic heterocycles. The summed E-state index contributed by atoms with van der Waals surface area (Å²) in [6.07, 6.45) is 0.304. The molecule has 8 nitrogen and oxygen atoms in total. The Morgan fingerprint density at radius 1 is 1.03 bits per heavy atom. The highest BCUT2D eigenvalue weighted by molar-refractivity contribution is 7.90. The van der Waals surface area contributed by atoms with Crippen LogP contribution in [-0.2, 0) is 26.3 Å². The Bertz CT molecular complexity index is 1150. The zero-order valence-electron chi connectivity index (χ0n) is 21.5. The summed E-state index contributed by atoms with van der Waals surface area (Å²) >= 11 is 6.00. The molecule has 2 amide bonds. The SMILES string of the molecule is CCC(C(=O)NC(C)(C)C)N(Cc1ccc(Cl)cc1)C(=O)CN(c1ccc(F)cc1)S(=O)(=O)N(C)C. The van der Waals surface area contributed by atoms with Crippen LogP contribution in [0.15, 0.2) is 48.5 Å². The number of anilines is 1. The van der Waals surface area contributed by atoms with Crippen molar-refractivity contribution >= 4 is 39.3 Å². The first-order chi connectivity index (χ1) is 16.7. The van der Waals surface area contributed by atoms with Gasteiger partial charge in [0.25, 0.3) is 0 Å². The first-order valence-electron chi connectivity index (χ1n) is 11.5. The molecular weight excluding hydrogens is 507 g/mol. The second-order valence-electron chi connectivity index (χ2n) is 9.58. The molecule has 0 aliphatic carbocycles. The Balaban J connectivity index is 2.50. The number of rotatable bonds is 10. The van der Waals surface area contributed by atoms with Crippen molar-refractivity contribution in [1.82, 2.24) is 14.5 Å². The van der Waals surface area contributed by atoms with Gasteiger partial charge in [0.2, 0.25) is 11.8 Å². The standard InChI is InChI=1S/C25H34ClFN4O4S/c1-7-22(24(33)28-25(2,3)4)30(16-18-8-10-19(26)11-9-18)23(32)17-31(36(34,35)29(5)6)21-14-12-20(27)13-15-21/h8-15,22H,7,16-17H2,1-6H3,(H,28,33). The minimum absolute atomic E-state index is 0.0609. The summed E-state index contributed by atoms with van der Waals surface area (Å²) in [6.45, 7) is 6.77. The zero-order chi connectivity index (χ0) is 27.3. The summed E-state index contributed by atoms with van der Waals surface area (Å²) in [5, 5.41) is 3.43. The maximum Gasteiger partial charge on any atom is 0.304 e. The van der Waals surface area contributed by atoms with Gasteiger partial charge in [0.15, 0.2) is 0 Å². The molecular formula is C25H34ClFN4O4S. The molecule has 1 atom stereocenters. The molecule has 1 N–H and O–H groups in total. The van der Waals surface area contributed by atoms with Crippen molar-refractivity contribution in [2.24, 2.45) is 0 Å². The van der Waals surface area contributed by atoms with Gasteiger partial charge in [0.1, 0.15) is 18.4 Å². The molecule has 198 valence electrons. The number of nitrogens with one attached hydrogen (secondary N) is 1. The number of carbonyl (C=O) groups is 2. The number of carbonyl (C=O) groups excluding carboxylic acids is 2. The first kappa shape index (κ1) is 29.5. The summed E-state index contributed by atoms with van der Waals surface area (Å²) in [5.74, 6) is -1.48. The Morgan fingerprint density at radius 2 is 1.58 bits per heavy atom. The van der Waals surface area contributed by atoms with Gasteiger partial charge in [-0.2, -0.15) is 12.7 Å². The predicted molar refractivity (Wildman–Crippen MR) is 140 cm³/mol. The van der Waals surface area contributed by atoms with Gasteiger partial charge in [-0.1, -0.05) is 30.7 Å². The fraction of sp³-hybridized carbons (Fsp3) is 0.440. The van der Waals surface area contributed by atoms with Crippen LogP contribution in [0, 0.1) is 5.82 Å². The third-order valence-electron chi connectivity index (χ3n) is 5.28. The summed E-state index contributed by atoms with van der Waals surface area (Å²) in [5.41, 5.74) is 0.309. The number of nitrogens with zero attached hydrogens (tertiary/aromatic N) is 3. The number of hydrogen-bond acceptors (Lipinski definition) is 4. The second kappa shape index (κ2) is 12.0. The molecule has 0 bridgehead atoms. The van der Waals surface area contributed by atoms with Crippen LogP contribution in [0.4, 0.5) is 10.1 Å². The Labute approximate surface area is 218 Å². The van der Waals surface area contributed by atoms with Crippen LogP contribution in [0.3, 0.4) is 0 Å². The fourth-order valence-corrected chi connectivity index (χ4v) is 4.67. The predicted octanol–water partition coefficient (Wildman–Crippen LogP) is 3.81. The van der Waals surface area contributed by atoms with Crippen molar-refractivity contribution in [3.63, 3.8) is 0 Å². The maximum atomic E-state index is 13.7. The van der Waals surface area contributed by atoms with E-state index in [0.29, 0.717) is 11.4 Å². The van der Waals surface area contributed by atoms with Gasteiger partial charge in [0, 0.05) is 31.2 Å². The smallest absolute Gasteiger partial charge is 0.304 e. The van der Waals surface area contributed by atoms with Crippen LogP contribution in [0.5, 0.6) is 0 Å². The molecule has 36 heavy (non-hydrogen) atoms. The highest BCUT2D eigenvalue weighted by atomic mass is 35.5. The molecule has 2 aromatic carbocycles. The van der Waals surface area contributed by atoms with E-state index in [1.165, 1.54) is 31.1 Å². The van der Waals surface area contributed by atoms with E-state index < -0.39 is 40.1 Å². The number of hydrogen-bond donors (Lipinski definition) is 1. The van der Waals surface area contributed by atoms with Crippen molar-refractivity contribution in [2.45, 2.75) is 52.2 Å². The molecule has 0 fully saturated rings. The number of benzene rings is 2. The van der Waals surface area contributed by atoms with E-state index in [9.17, 15) is 22.4 Å². The van der Waals surface area contributed by atoms with E-state index in [1.807, 2.05) is 20.8 Å². The molecule has 0 aliphatic rings. The lowest BCUT2D eigenvalue weighted by Gasteiger charge is -2.35. The van der Waals surface area contributed by atoms with Crippen LogP contribution in [0.25, 0.3) is 0 Å². The van der Waals surface area contributed by atoms with E-state index in [4.69, 9.17) is 11.6 Å². The molecule has 1 unspecified atom stereocenters. The van der Waals surface area contributed by atoms with Gasteiger partial charge >= 0.3 is 10.2 Å². The minimum atomic E-state index is -4.11. The second-order valence-corrected chi connectivity index (χ2v) is 12.1. The molecule has 0 saturated heterocycles. The van der Waals surface area contributed by atoms with Crippen LogP contribution in [0.1, 0.15) is 39.7 Å². The average molecular weight is 541 g/mol. The van der Waals surface area contributed by atoms with Crippen molar-refractivity contribution in [3.8, 4) is 0 Å². The van der Waals surface area contributed by atoms with E-state index in [-0.39, 0.29) is 18.1 Å². The summed E-state index contributed by atoms with van der Waals surface area (Å²) in [6, 6.07) is 10.8. The Morgan fingerprint density at radius 3 is 2.06 bits per heavy atom. The van der Waals surface area contributed by atoms with E-state index in [1.54, 1.807) is 31.2 Å². The highest BCUT2D eigenvalue weighted by Gasteiger charge is 2.34. The summed E-state index contributed by atoms with van der Waals surface area (Å²) in [7, 11) is -1.43. The molecule has 2 aromatic rings. The third kappa shape index (κ3) is 7.91. The van der Waals surface area contributed by atoms with Gasteiger partial charge in [-0.05, 0) is 69.2 Å². The zero-order valence-corrected chi connectivity index (χ0v) is 23.0. The topological polar surface area (TPSA) is 90.0 Å². The number of halogens is 2. The van der Waals surface area contributed by atoms with E-state index >= 15 is 0 Å². The lowest BCUT2D eigenvalue weighted by atomic mass is 10.1. The van der Waals surface area contributed by atoms with Gasteiger partial charge in [-0.15, -0.1) is 0 Å². The summed E-state index contributed by atoms with van der Waals surface area (Å²) < 4.78 is 41.7. The molecule has 0 radical (unpaired) electrons. The van der Waals surface area contributed by atoms with E-state index in [2.05, 4.69) is 5.32 Å². The lowest BCUT2D eigenvalue weighted by molar-refractivity contribution is -0.141. The largest absolute Gasteiger partial charge is 0.350 e. The lowest BCUT2D eigenvalue weighted by Crippen LogP contribution is -2.55. The van der Waals surface area contributed by atoms with Crippen molar-refractivity contribution in [3.05, 3.63) is 64.9 Å². The number of amides is 2. The highest BCUT2D eigenvalue weighted by Crippen LogP contribution is 2.22. The minimum Gasteiger partial charge on any atom is -0.350 e. The van der Waals surface area contributed by atoms with Gasteiger partial charge in [0.05, 0.1) is 5.69 Å². The molecule has 0 aromatic heterocycles. The third-order valence-corrected chi connectivity index (χ3v) is 7.36. The quantitative estimate of drug-likeness (QED) is 0.496. The maximum absolute atomic E-state index is 13.7. The van der Waals surface area contributed by atoms with Crippen molar-refractivity contribution < 1.29 is 22.4 Å². The fourth-order valence-electron chi connectivity index (χ4n) is 3.48. The van der Waals surface area contributed by atoms with Gasteiger partial charge in [-0.25, -0.2) is 8.70 Å². The van der Waals surface area contributed by atoms with Crippen molar-refractivity contribution in [1.29, 1.82) is 0 Å². The molecule has 0 saturated carbocycles. The normalized spacial score (nSPS) is 12.8. The van der Waals surface area contributed by atoms with E-state index in [0.717, 1.165) is 26.3 Å². The van der Waals surface area contributed by atoms with Crippen LogP contribution >= 0.6 is 11.6 Å².